The Morgan fingerprint density at radius 3 is 2.33 bits per heavy atom. The Kier molecular flexibility index (Phi) is 3.97. The molecule has 122 valence electrons. The van der Waals surface area contributed by atoms with Crippen LogP contribution >= 0.6 is 0 Å². The van der Waals surface area contributed by atoms with Gasteiger partial charge in [-0.25, -0.2) is 0 Å². The van der Waals surface area contributed by atoms with E-state index in [4.69, 9.17) is 4.74 Å². The number of Topliss-reactive ketones (excluding diaryl/α,β-unsaturated/α-hetero) is 1. The number of allylic oxidation sites excluding steroid dienone is 1. The summed E-state index contributed by atoms with van der Waals surface area (Å²) < 4.78 is 43.3. The molecule has 3 rings (SSSR count). The zero-order valence-electron chi connectivity index (χ0n) is 12.3. The number of halogens is 3. The number of hydrogen-bond donors (Lipinski definition) is 0. The first kappa shape index (κ1) is 16.0. The molecule has 0 heterocycles. The van der Waals surface area contributed by atoms with Crippen molar-refractivity contribution in [2.24, 2.45) is 0 Å². The summed E-state index contributed by atoms with van der Waals surface area (Å²) >= 11 is 0. The lowest BCUT2D eigenvalue weighted by atomic mass is 9.90. The smallest absolute Gasteiger partial charge is 0.416 e. The van der Waals surface area contributed by atoms with Crippen LogP contribution in [0.2, 0.25) is 0 Å². The molecule has 1 aliphatic carbocycles. The SMILES string of the molecule is O=C1C=C(COc2cccc(C(F)(F)F)c2)C(=O)c2ccccc21. The summed E-state index contributed by atoms with van der Waals surface area (Å²) in [6.45, 7) is -0.278. The van der Waals surface area contributed by atoms with Gasteiger partial charge in [0.1, 0.15) is 12.4 Å². The molecule has 2 aromatic carbocycles. The summed E-state index contributed by atoms with van der Waals surface area (Å²) in [4.78, 5) is 24.3. The Hall–Kier alpha value is -2.89. The predicted octanol–water partition coefficient (Wildman–Crippen LogP) is 4.09. The minimum absolute atomic E-state index is 0.0233. The summed E-state index contributed by atoms with van der Waals surface area (Å²) in [5, 5.41) is 0. The highest BCUT2D eigenvalue weighted by molar-refractivity contribution is 6.24. The molecule has 1 aliphatic rings. The molecule has 0 unspecified atom stereocenters. The van der Waals surface area contributed by atoms with Crippen LogP contribution in [0.5, 0.6) is 5.75 Å². The second-order valence-electron chi connectivity index (χ2n) is 5.22. The maximum absolute atomic E-state index is 12.7. The second-order valence-corrected chi connectivity index (χ2v) is 5.22. The lowest BCUT2D eigenvalue weighted by Crippen LogP contribution is -2.20. The standard InChI is InChI=1S/C18H11F3O3/c19-18(20,21)12-4-3-5-13(9-12)24-10-11-8-16(22)14-6-1-2-7-15(14)17(11)23/h1-9H,10H2. The predicted molar refractivity (Wildman–Crippen MR) is 80.1 cm³/mol. The number of benzene rings is 2. The van der Waals surface area contributed by atoms with Crippen LogP contribution in [-0.4, -0.2) is 18.2 Å². The number of ketones is 2. The molecular weight excluding hydrogens is 321 g/mol. The van der Waals surface area contributed by atoms with Crippen molar-refractivity contribution in [2.75, 3.05) is 6.61 Å². The number of carbonyl (C=O) groups excluding carboxylic acids is 2. The Balaban J connectivity index is 1.79. The lowest BCUT2D eigenvalue weighted by Gasteiger charge is -2.16. The minimum atomic E-state index is -4.48. The van der Waals surface area contributed by atoms with Crippen molar-refractivity contribution in [1.29, 1.82) is 0 Å². The molecule has 0 N–H and O–H groups in total. The van der Waals surface area contributed by atoms with Crippen LogP contribution < -0.4 is 4.74 Å². The van der Waals surface area contributed by atoms with Crippen LogP contribution in [0.25, 0.3) is 0 Å². The van der Waals surface area contributed by atoms with E-state index >= 15 is 0 Å². The quantitative estimate of drug-likeness (QED) is 0.850. The lowest BCUT2D eigenvalue weighted by molar-refractivity contribution is -0.137. The number of hydrogen-bond acceptors (Lipinski definition) is 3. The van der Waals surface area contributed by atoms with Gasteiger partial charge < -0.3 is 4.74 Å². The van der Waals surface area contributed by atoms with Gasteiger partial charge in [0.2, 0.25) is 0 Å². The van der Waals surface area contributed by atoms with E-state index in [0.717, 1.165) is 18.2 Å². The molecule has 0 atom stereocenters. The van der Waals surface area contributed by atoms with Gasteiger partial charge in [0.25, 0.3) is 0 Å². The molecule has 0 saturated carbocycles. The number of carbonyl (C=O) groups is 2. The summed E-state index contributed by atoms with van der Waals surface area (Å²) in [5.41, 5.74) is -0.153. The van der Waals surface area contributed by atoms with Crippen molar-refractivity contribution in [3.05, 3.63) is 76.9 Å². The Morgan fingerprint density at radius 1 is 0.917 bits per heavy atom. The first-order valence-electron chi connectivity index (χ1n) is 7.05. The molecule has 2 aromatic rings. The van der Waals surface area contributed by atoms with Gasteiger partial charge in [-0.15, -0.1) is 0 Å². The average Bonchev–Trinajstić information content (AvgIpc) is 2.56. The minimum Gasteiger partial charge on any atom is -0.489 e. The van der Waals surface area contributed by atoms with Gasteiger partial charge in [0.05, 0.1) is 5.56 Å². The van der Waals surface area contributed by atoms with E-state index in [1.807, 2.05) is 0 Å². The second kappa shape index (κ2) is 5.96. The summed E-state index contributed by atoms with van der Waals surface area (Å²) in [5.74, 6) is -0.713. The fourth-order valence-corrected chi connectivity index (χ4v) is 2.40. The highest BCUT2D eigenvalue weighted by atomic mass is 19.4. The first-order valence-corrected chi connectivity index (χ1v) is 7.05. The van der Waals surface area contributed by atoms with Gasteiger partial charge >= 0.3 is 6.18 Å². The van der Waals surface area contributed by atoms with E-state index < -0.39 is 11.7 Å². The van der Waals surface area contributed by atoms with E-state index in [2.05, 4.69) is 0 Å². The molecule has 0 aromatic heterocycles. The van der Waals surface area contributed by atoms with Crippen molar-refractivity contribution in [1.82, 2.24) is 0 Å². The number of alkyl halides is 3. The van der Waals surface area contributed by atoms with Gasteiger partial charge in [-0.1, -0.05) is 30.3 Å². The van der Waals surface area contributed by atoms with Crippen molar-refractivity contribution >= 4 is 11.6 Å². The molecular formula is C18H11F3O3. The summed E-state index contributed by atoms with van der Waals surface area (Å²) in [6, 6.07) is 10.7. The van der Waals surface area contributed by atoms with Crippen LogP contribution in [0.1, 0.15) is 26.3 Å². The molecule has 0 aliphatic heterocycles. The van der Waals surface area contributed by atoms with Crippen molar-refractivity contribution in [3.8, 4) is 5.75 Å². The van der Waals surface area contributed by atoms with Crippen LogP contribution in [0, 0.1) is 0 Å². The van der Waals surface area contributed by atoms with Crippen LogP contribution in [-0.2, 0) is 6.18 Å². The zero-order chi connectivity index (χ0) is 17.3. The third kappa shape index (κ3) is 3.08. The van der Waals surface area contributed by atoms with Gasteiger partial charge in [-0.05, 0) is 24.3 Å². The topological polar surface area (TPSA) is 43.4 Å². The van der Waals surface area contributed by atoms with Crippen LogP contribution in [0.3, 0.4) is 0 Å². The van der Waals surface area contributed by atoms with Crippen LogP contribution in [0.15, 0.2) is 60.2 Å². The molecule has 0 bridgehead atoms. The molecule has 6 heteroatoms. The van der Waals surface area contributed by atoms with E-state index in [9.17, 15) is 22.8 Å². The highest BCUT2D eigenvalue weighted by Gasteiger charge is 2.31. The van der Waals surface area contributed by atoms with Crippen LogP contribution in [0.4, 0.5) is 13.2 Å². The normalized spacial score (nSPS) is 14.2. The number of ether oxygens (including phenoxy) is 1. The summed E-state index contributed by atoms with van der Waals surface area (Å²) in [7, 11) is 0. The van der Waals surface area contributed by atoms with Gasteiger partial charge in [-0.3, -0.25) is 9.59 Å². The van der Waals surface area contributed by atoms with E-state index in [0.29, 0.717) is 5.56 Å². The van der Waals surface area contributed by atoms with Gasteiger partial charge in [-0.2, -0.15) is 13.2 Å². The Morgan fingerprint density at radius 2 is 1.62 bits per heavy atom. The van der Waals surface area contributed by atoms with Crippen molar-refractivity contribution < 1.29 is 27.5 Å². The molecule has 0 fully saturated rings. The molecule has 0 amide bonds. The molecule has 0 spiro atoms. The molecule has 0 saturated heterocycles. The third-order valence-corrected chi connectivity index (χ3v) is 3.59. The third-order valence-electron chi connectivity index (χ3n) is 3.59. The van der Waals surface area contributed by atoms with Gasteiger partial charge in [0.15, 0.2) is 11.6 Å². The monoisotopic (exact) mass is 332 g/mol. The van der Waals surface area contributed by atoms with Gasteiger partial charge in [0, 0.05) is 16.7 Å². The fraction of sp³-hybridized carbons (Fsp3) is 0.111. The molecule has 24 heavy (non-hydrogen) atoms. The Labute approximate surface area is 135 Å². The van der Waals surface area contributed by atoms with E-state index in [-0.39, 0.29) is 35.1 Å². The molecule has 0 radical (unpaired) electrons. The van der Waals surface area contributed by atoms with Crippen molar-refractivity contribution in [3.63, 3.8) is 0 Å². The molecule has 3 nitrogen and oxygen atoms in total. The maximum Gasteiger partial charge on any atom is 0.416 e. The fourth-order valence-electron chi connectivity index (χ4n) is 2.40. The Bertz CT molecular complexity index is 851. The largest absolute Gasteiger partial charge is 0.489 e. The number of fused-ring (bicyclic) bond motifs is 1. The highest BCUT2D eigenvalue weighted by Crippen LogP contribution is 2.31. The maximum atomic E-state index is 12.7. The zero-order valence-corrected chi connectivity index (χ0v) is 12.3. The van der Waals surface area contributed by atoms with E-state index in [1.54, 1.807) is 18.2 Å². The first-order chi connectivity index (χ1) is 11.4. The van der Waals surface area contributed by atoms with Crippen molar-refractivity contribution in [2.45, 2.75) is 6.18 Å². The summed E-state index contributed by atoms with van der Waals surface area (Å²) in [6.07, 6.45) is -3.31. The number of rotatable bonds is 3. The van der Waals surface area contributed by atoms with E-state index in [1.165, 1.54) is 18.2 Å². The average molecular weight is 332 g/mol.